The van der Waals surface area contributed by atoms with E-state index in [1.165, 1.54) is 32.2 Å². The Balaban J connectivity index is 1.48. The summed E-state index contributed by atoms with van der Waals surface area (Å²) in [4.78, 5) is 21.4. The van der Waals surface area contributed by atoms with Crippen molar-refractivity contribution in [2.24, 2.45) is 0 Å². The number of hydrogen-bond donors (Lipinski definition) is 0. The van der Waals surface area contributed by atoms with Gasteiger partial charge in [-0.15, -0.1) is 0 Å². The van der Waals surface area contributed by atoms with Crippen molar-refractivity contribution in [2.75, 3.05) is 37.6 Å². The highest BCUT2D eigenvalue weighted by molar-refractivity contribution is 5.31. The maximum absolute atomic E-state index is 4.89. The lowest BCUT2D eigenvalue weighted by Gasteiger charge is -2.30. The first-order chi connectivity index (χ1) is 13.8. The van der Waals surface area contributed by atoms with Crippen molar-refractivity contribution in [1.82, 2.24) is 24.8 Å². The van der Waals surface area contributed by atoms with E-state index in [9.17, 15) is 0 Å². The molecule has 1 atom stereocenters. The van der Waals surface area contributed by atoms with Gasteiger partial charge in [0.1, 0.15) is 0 Å². The number of nitrogens with zero attached hydrogens (tertiary/aromatic N) is 6. The Morgan fingerprint density at radius 1 is 0.964 bits per heavy atom. The van der Waals surface area contributed by atoms with E-state index < -0.39 is 0 Å². The van der Waals surface area contributed by atoms with Gasteiger partial charge in [0.15, 0.2) is 0 Å². The minimum atomic E-state index is 0.633. The monoisotopic (exact) mass is 380 g/mol. The molecule has 2 aromatic heterocycles. The molecule has 2 aliphatic rings. The summed E-state index contributed by atoms with van der Waals surface area (Å²) in [7, 11) is 0. The van der Waals surface area contributed by atoms with Gasteiger partial charge in [0.25, 0.3) is 0 Å². The fourth-order valence-electron chi connectivity index (χ4n) is 4.49. The number of pyridine rings is 1. The first kappa shape index (κ1) is 19.3. The second-order valence-corrected chi connectivity index (χ2v) is 7.96. The summed E-state index contributed by atoms with van der Waals surface area (Å²) in [5.41, 5.74) is 2.23. The lowest BCUT2D eigenvalue weighted by molar-refractivity contribution is 0.163. The average molecular weight is 381 g/mol. The van der Waals surface area contributed by atoms with Crippen LogP contribution in [0.3, 0.4) is 0 Å². The van der Waals surface area contributed by atoms with Crippen LogP contribution in [-0.4, -0.2) is 63.5 Å². The highest BCUT2D eigenvalue weighted by Gasteiger charge is 2.25. The number of aromatic nitrogens is 3. The Kier molecular flexibility index (Phi) is 6.49. The molecule has 4 heterocycles. The molecule has 0 N–H and O–H groups in total. The van der Waals surface area contributed by atoms with Crippen LogP contribution in [-0.2, 0) is 13.1 Å². The SMILES string of the molecule is CCN1CCC[C@H]1CN(Cc1ccccn1)Cc1ccnc(N2CCCC2)n1. The lowest BCUT2D eigenvalue weighted by Crippen LogP contribution is -2.40. The molecule has 2 fully saturated rings. The molecule has 0 spiro atoms. The van der Waals surface area contributed by atoms with Crippen molar-refractivity contribution in [1.29, 1.82) is 0 Å². The Hall–Kier alpha value is -2.05. The number of likely N-dealkylation sites (tertiary alicyclic amines) is 1. The maximum Gasteiger partial charge on any atom is 0.225 e. The second kappa shape index (κ2) is 9.43. The summed E-state index contributed by atoms with van der Waals surface area (Å²) < 4.78 is 0. The van der Waals surface area contributed by atoms with Gasteiger partial charge in [0, 0.05) is 51.2 Å². The molecular formula is C22H32N6. The maximum atomic E-state index is 4.89. The smallest absolute Gasteiger partial charge is 0.225 e. The summed E-state index contributed by atoms with van der Waals surface area (Å²) in [5.74, 6) is 0.892. The third-order valence-corrected chi connectivity index (χ3v) is 5.96. The molecular weight excluding hydrogens is 348 g/mol. The first-order valence-electron chi connectivity index (χ1n) is 10.7. The number of anilines is 1. The summed E-state index contributed by atoms with van der Waals surface area (Å²) in [6.45, 7) is 9.55. The molecule has 0 bridgehead atoms. The summed E-state index contributed by atoms with van der Waals surface area (Å²) >= 11 is 0. The van der Waals surface area contributed by atoms with E-state index in [1.807, 2.05) is 18.5 Å². The third kappa shape index (κ3) is 4.86. The average Bonchev–Trinajstić information content (AvgIpc) is 3.41. The van der Waals surface area contributed by atoms with Crippen molar-refractivity contribution in [3.05, 3.63) is 48.0 Å². The molecule has 6 heteroatoms. The first-order valence-corrected chi connectivity index (χ1v) is 10.7. The van der Waals surface area contributed by atoms with Gasteiger partial charge in [-0.1, -0.05) is 13.0 Å². The van der Waals surface area contributed by atoms with Crippen LogP contribution in [0.25, 0.3) is 0 Å². The molecule has 2 aromatic rings. The summed E-state index contributed by atoms with van der Waals surface area (Å²) in [6, 6.07) is 8.88. The number of likely N-dealkylation sites (N-methyl/N-ethyl adjacent to an activating group) is 1. The zero-order chi connectivity index (χ0) is 19.2. The standard InChI is InChI=1S/C22H32N6/c1-2-27-15-7-9-21(27)18-26(16-19-8-3-4-11-23-19)17-20-10-12-24-22(25-20)28-13-5-6-14-28/h3-4,8,10-12,21H,2,5-7,9,13-18H2,1H3/t21-/m0/s1. The van der Waals surface area contributed by atoms with E-state index in [2.05, 4.69) is 49.8 Å². The number of hydrogen-bond acceptors (Lipinski definition) is 6. The minimum absolute atomic E-state index is 0.633. The van der Waals surface area contributed by atoms with Crippen LogP contribution in [0.1, 0.15) is 44.0 Å². The van der Waals surface area contributed by atoms with Crippen molar-refractivity contribution < 1.29 is 0 Å². The molecule has 4 rings (SSSR count). The van der Waals surface area contributed by atoms with Gasteiger partial charge in [-0.25, -0.2) is 9.97 Å². The van der Waals surface area contributed by atoms with E-state index in [0.29, 0.717) is 6.04 Å². The molecule has 0 aliphatic carbocycles. The highest BCUT2D eigenvalue weighted by atomic mass is 15.3. The fraction of sp³-hybridized carbons (Fsp3) is 0.591. The Morgan fingerprint density at radius 2 is 1.82 bits per heavy atom. The van der Waals surface area contributed by atoms with E-state index in [1.54, 1.807) is 0 Å². The second-order valence-electron chi connectivity index (χ2n) is 7.96. The molecule has 0 amide bonds. The van der Waals surface area contributed by atoms with Crippen molar-refractivity contribution in [3.63, 3.8) is 0 Å². The van der Waals surface area contributed by atoms with E-state index in [-0.39, 0.29) is 0 Å². The molecule has 6 nitrogen and oxygen atoms in total. The Bertz CT molecular complexity index is 731. The van der Waals surface area contributed by atoms with Crippen molar-refractivity contribution in [3.8, 4) is 0 Å². The van der Waals surface area contributed by atoms with E-state index >= 15 is 0 Å². The van der Waals surface area contributed by atoms with Crippen molar-refractivity contribution in [2.45, 2.75) is 51.7 Å². The predicted octanol–water partition coefficient (Wildman–Crippen LogP) is 2.96. The fourth-order valence-corrected chi connectivity index (χ4v) is 4.49. The third-order valence-electron chi connectivity index (χ3n) is 5.96. The van der Waals surface area contributed by atoms with Crippen LogP contribution in [0.2, 0.25) is 0 Å². The van der Waals surface area contributed by atoms with Crippen LogP contribution in [0.15, 0.2) is 36.7 Å². The molecule has 2 saturated heterocycles. The summed E-state index contributed by atoms with van der Waals surface area (Å²) in [6.07, 6.45) is 8.89. The van der Waals surface area contributed by atoms with Gasteiger partial charge >= 0.3 is 0 Å². The van der Waals surface area contributed by atoms with Gasteiger partial charge < -0.3 is 4.90 Å². The van der Waals surface area contributed by atoms with Crippen LogP contribution in [0, 0.1) is 0 Å². The Morgan fingerprint density at radius 3 is 2.61 bits per heavy atom. The van der Waals surface area contributed by atoms with Crippen LogP contribution >= 0.6 is 0 Å². The molecule has 2 aliphatic heterocycles. The topological polar surface area (TPSA) is 48.4 Å². The molecule has 150 valence electrons. The van der Waals surface area contributed by atoms with Crippen LogP contribution in [0.5, 0.6) is 0 Å². The van der Waals surface area contributed by atoms with Crippen molar-refractivity contribution >= 4 is 5.95 Å². The molecule has 0 saturated carbocycles. The lowest BCUT2D eigenvalue weighted by atomic mass is 10.2. The van der Waals surface area contributed by atoms with Gasteiger partial charge in [-0.2, -0.15) is 0 Å². The highest BCUT2D eigenvalue weighted by Crippen LogP contribution is 2.20. The van der Waals surface area contributed by atoms with Crippen LogP contribution in [0.4, 0.5) is 5.95 Å². The zero-order valence-electron chi connectivity index (χ0n) is 17.0. The van der Waals surface area contributed by atoms with E-state index in [4.69, 9.17) is 4.98 Å². The van der Waals surface area contributed by atoms with Gasteiger partial charge in [-0.3, -0.25) is 14.8 Å². The minimum Gasteiger partial charge on any atom is -0.341 e. The molecule has 0 aromatic carbocycles. The molecule has 28 heavy (non-hydrogen) atoms. The van der Waals surface area contributed by atoms with Crippen LogP contribution < -0.4 is 4.90 Å². The summed E-state index contributed by atoms with van der Waals surface area (Å²) in [5, 5.41) is 0. The molecule has 0 radical (unpaired) electrons. The predicted molar refractivity (Wildman–Crippen MR) is 112 cm³/mol. The van der Waals surface area contributed by atoms with Gasteiger partial charge in [0.05, 0.1) is 11.4 Å². The van der Waals surface area contributed by atoms with Gasteiger partial charge in [-0.05, 0) is 57.0 Å². The normalized spacial score (nSPS) is 20.4. The number of rotatable bonds is 8. The largest absolute Gasteiger partial charge is 0.341 e. The quantitative estimate of drug-likeness (QED) is 0.702. The van der Waals surface area contributed by atoms with E-state index in [0.717, 1.165) is 56.6 Å². The molecule has 0 unspecified atom stereocenters. The van der Waals surface area contributed by atoms with Gasteiger partial charge in [0.2, 0.25) is 5.95 Å². The Labute approximate surface area is 168 Å². The zero-order valence-corrected chi connectivity index (χ0v) is 17.0.